The highest BCUT2D eigenvalue weighted by Crippen LogP contribution is 2.32. The zero-order valence-electron chi connectivity index (χ0n) is 8.25. The van der Waals surface area contributed by atoms with Gasteiger partial charge in [0, 0.05) is 16.8 Å². The molecule has 0 spiro atoms. The standard InChI is InChI=1S/C11H12ClNO/c1-7(2)13-10-4-3-9(12)5-8(10)6-11(13)14/h3-5,7H,6H2,1-2H3. The molecule has 0 unspecified atom stereocenters. The third kappa shape index (κ3) is 1.40. The largest absolute Gasteiger partial charge is 0.309 e. The second-order valence-corrected chi connectivity index (χ2v) is 4.24. The summed E-state index contributed by atoms with van der Waals surface area (Å²) >= 11 is 5.87. The van der Waals surface area contributed by atoms with Crippen LogP contribution in [0.2, 0.25) is 5.02 Å². The zero-order valence-corrected chi connectivity index (χ0v) is 9.01. The number of anilines is 1. The van der Waals surface area contributed by atoms with Crippen molar-refractivity contribution in [1.29, 1.82) is 0 Å². The topological polar surface area (TPSA) is 20.3 Å². The molecule has 0 aliphatic carbocycles. The summed E-state index contributed by atoms with van der Waals surface area (Å²) in [4.78, 5) is 13.5. The van der Waals surface area contributed by atoms with E-state index in [2.05, 4.69) is 0 Å². The average molecular weight is 210 g/mol. The third-order valence-electron chi connectivity index (χ3n) is 2.43. The third-order valence-corrected chi connectivity index (χ3v) is 2.66. The van der Waals surface area contributed by atoms with Gasteiger partial charge in [0.15, 0.2) is 0 Å². The van der Waals surface area contributed by atoms with Crippen molar-refractivity contribution in [2.45, 2.75) is 26.3 Å². The van der Waals surface area contributed by atoms with E-state index in [1.807, 2.05) is 36.9 Å². The molecule has 0 fully saturated rings. The van der Waals surface area contributed by atoms with Crippen LogP contribution in [0.1, 0.15) is 19.4 Å². The quantitative estimate of drug-likeness (QED) is 0.697. The first-order valence-electron chi connectivity index (χ1n) is 4.70. The second-order valence-electron chi connectivity index (χ2n) is 3.81. The van der Waals surface area contributed by atoms with Gasteiger partial charge in [-0.05, 0) is 37.6 Å². The van der Waals surface area contributed by atoms with Crippen molar-refractivity contribution in [2.24, 2.45) is 0 Å². The van der Waals surface area contributed by atoms with Crippen LogP contribution >= 0.6 is 11.6 Å². The van der Waals surface area contributed by atoms with E-state index in [0.29, 0.717) is 11.4 Å². The Kier molecular flexibility index (Phi) is 2.23. The van der Waals surface area contributed by atoms with Crippen molar-refractivity contribution in [1.82, 2.24) is 0 Å². The van der Waals surface area contributed by atoms with Crippen LogP contribution < -0.4 is 4.90 Å². The SMILES string of the molecule is CC(C)N1C(=O)Cc2cc(Cl)ccc21. The number of carbonyl (C=O) groups is 1. The van der Waals surface area contributed by atoms with Crippen molar-refractivity contribution in [3.63, 3.8) is 0 Å². The van der Waals surface area contributed by atoms with Gasteiger partial charge in [-0.3, -0.25) is 4.79 Å². The molecule has 0 bridgehead atoms. The van der Waals surface area contributed by atoms with E-state index in [0.717, 1.165) is 11.3 Å². The molecule has 1 amide bonds. The second kappa shape index (κ2) is 3.28. The number of carbonyl (C=O) groups excluding carboxylic acids is 1. The average Bonchev–Trinajstić information content (AvgIpc) is 2.39. The molecule has 0 saturated heterocycles. The van der Waals surface area contributed by atoms with Crippen LogP contribution in [0.3, 0.4) is 0 Å². The van der Waals surface area contributed by atoms with Crippen molar-refractivity contribution in [2.75, 3.05) is 4.90 Å². The summed E-state index contributed by atoms with van der Waals surface area (Å²) in [6, 6.07) is 5.83. The molecule has 14 heavy (non-hydrogen) atoms. The maximum absolute atomic E-state index is 11.7. The highest BCUT2D eigenvalue weighted by atomic mass is 35.5. The molecule has 1 aromatic carbocycles. The highest BCUT2D eigenvalue weighted by Gasteiger charge is 2.28. The minimum absolute atomic E-state index is 0.164. The van der Waals surface area contributed by atoms with Gasteiger partial charge in [0.25, 0.3) is 0 Å². The maximum atomic E-state index is 11.7. The molecule has 0 radical (unpaired) electrons. The molecule has 1 aliphatic heterocycles. The number of amides is 1. The molecule has 3 heteroatoms. The van der Waals surface area contributed by atoms with Gasteiger partial charge >= 0.3 is 0 Å². The van der Waals surface area contributed by atoms with E-state index in [-0.39, 0.29) is 11.9 Å². The number of hydrogen-bond acceptors (Lipinski definition) is 1. The van der Waals surface area contributed by atoms with E-state index < -0.39 is 0 Å². The van der Waals surface area contributed by atoms with Crippen LogP contribution in [0.5, 0.6) is 0 Å². The highest BCUT2D eigenvalue weighted by molar-refractivity contribution is 6.30. The Morgan fingerprint density at radius 3 is 2.79 bits per heavy atom. The summed E-state index contributed by atoms with van der Waals surface area (Å²) in [5, 5.41) is 0.696. The maximum Gasteiger partial charge on any atom is 0.231 e. The normalized spacial score (nSPS) is 15.1. The van der Waals surface area contributed by atoms with Gasteiger partial charge in [-0.2, -0.15) is 0 Å². The lowest BCUT2D eigenvalue weighted by Gasteiger charge is -2.21. The van der Waals surface area contributed by atoms with Crippen molar-refractivity contribution < 1.29 is 4.79 Å². The Hall–Kier alpha value is -1.02. The lowest BCUT2D eigenvalue weighted by Crippen LogP contribution is -2.33. The van der Waals surface area contributed by atoms with E-state index in [1.54, 1.807) is 0 Å². The molecule has 2 nitrogen and oxygen atoms in total. The van der Waals surface area contributed by atoms with Gasteiger partial charge in [0.1, 0.15) is 0 Å². The van der Waals surface area contributed by atoms with E-state index in [4.69, 9.17) is 11.6 Å². The van der Waals surface area contributed by atoms with Crippen LogP contribution in [0.15, 0.2) is 18.2 Å². The minimum atomic E-state index is 0.164. The van der Waals surface area contributed by atoms with E-state index in [1.165, 1.54) is 0 Å². The first-order valence-corrected chi connectivity index (χ1v) is 5.08. The number of rotatable bonds is 1. The van der Waals surface area contributed by atoms with Gasteiger partial charge in [-0.25, -0.2) is 0 Å². The fraction of sp³-hybridized carbons (Fsp3) is 0.364. The summed E-state index contributed by atoms with van der Waals surface area (Å²) in [7, 11) is 0. The predicted molar refractivity (Wildman–Crippen MR) is 57.8 cm³/mol. The first kappa shape index (κ1) is 9.53. The number of halogens is 1. The number of benzene rings is 1. The van der Waals surface area contributed by atoms with Crippen LogP contribution in [0, 0.1) is 0 Å². The molecule has 1 aromatic rings. The Bertz CT molecular complexity index is 387. The van der Waals surface area contributed by atoms with Crippen LogP contribution in [0.4, 0.5) is 5.69 Å². The van der Waals surface area contributed by atoms with E-state index >= 15 is 0 Å². The molecule has 0 aromatic heterocycles. The monoisotopic (exact) mass is 209 g/mol. The first-order chi connectivity index (χ1) is 6.59. The van der Waals surface area contributed by atoms with Crippen molar-refractivity contribution in [3.05, 3.63) is 28.8 Å². The summed E-state index contributed by atoms with van der Waals surface area (Å²) < 4.78 is 0. The van der Waals surface area contributed by atoms with Gasteiger partial charge < -0.3 is 4.90 Å². The lowest BCUT2D eigenvalue weighted by atomic mass is 10.2. The molecule has 0 saturated carbocycles. The summed E-state index contributed by atoms with van der Waals surface area (Å²) in [6.45, 7) is 4.03. The Morgan fingerprint density at radius 2 is 2.14 bits per heavy atom. The zero-order chi connectivity index (χ0) is 10.3. The summed E-state index contributed by atoms with van der Waals surface area (Å²) in [6.07, 6.45) is 0.480. The molecule has 2 rings (SSSR count). The van der Waals surface area contributed by atoms with Gasteiger partial charge in [-0.15, -0.1) is 0 Å². The molecular weight excluding hydrogens is 198 g/mol. The van der Waals surface area contributed by atoms with Gasteiger partial charge in [0.2, 0.25) is 5.91 Å². The Morgan fingerprint density at radius 1 is 1.43 bits per heavy atom. The summed E-state index contributed by atoms with van der Waals surface area (Å²) in [5.74, 6) is 0.164. The Balaban J connectivity index is 2.48. The van der Waals surface area contributed by atoms with Crippen LogP contribution in [-0.2, 0) is 11.2 Å². The predicted octanol–water partition coefficient (Wildman–Crippen LogP) is 2.64. The van der Waals surface area contributed by atoms with Crippen LogP contribution in [0.25, 0.3) is 0 Å². The van der Waals surface area contributed by atoms with Crippen molar-refractivity contribution >= 4 is 23.2 Å². The smallest absolute Gasteiger partial charge is 0.231 e. The fourth-order valence-electron chi connectivity index (χ4n) is 1.88. The number of hydrogen-bond donors (Lipinski definition) is 0. The molecule has 0 atom stereocenters. The molecule has 1 aliphatic rings. The van der Waals surface area contributed by atoms with Gasteiger partial charge in [-0.1, -0.05) is 11.6 Å². The van der Waals surface area contributed by atoms with Crippen molar-refractivity contribution in [3.8, 4) is 0 Å². The minimum Gasteiger partial charge on any atom is -0.309 e. The lowest BCUT2D eigenvalue weighted by molar-refractivity contribution is -0.117. The summed E-state index contributed by atoms with van der Waals surface area (Å²) in [5.41, 5.74) is 2.05. The fourth-order valence-corrected chi connectivity index (χ4v) is 2.07. The van der Waals surface area contributed by atoms with Crippen LogP contribution in [-0.4, -0.2) is 11.9 Å². The molecule has 1 heterocycles. The molecular formula is C11H12ClNO. The molecule has 74 valence electrons. The number of fused-ring (bicyclic) bond motifs is 1. The number of nitrogens with zero attached hydrogens (tertiary/aromatic N) is 1. The molecule has 0 N–H and O–H groups in total. The van der Waals surface area contributed by atoms with E-state index in [9.17, 15) is 4.79 Å². The Labute approximate surface area is 88.5 Å². The van der Waals surface area contributed by atoms with Gasteiger partial charge in [0.05, 0.1) is 6.42 Å².